The molecule has 3 N–H and O–H groups in total. The molecule has 1 aromatic heterocycles. The molecule has 0 saturated carbocycles. The quantitative estimate of drug-likeness (QED) is 0.707. The summed E-state index contributed by atoms with van der Waals surface area (Å²) in [5, 5.41) is 15.0. The highest BCUT2D eigenvalue weighted by molar-refractivity contribution is 5.98. The van der Waals surface area contributed by atoms with Gasteiger partial charge in [0, 0.05) is 22.5 Å². The molecule has 0 fully saturated rings. The van der Waals surface area contributed by atoms with E-state index in [1.54, 1.807) is 16.8 Å². The maximum atomic E-state index is 13.3. The fourth-order valence-electron chi connectivity index (χ4n) is 2.74. The molecular formula is C18H17FN3O2+. The Labute approximate surface area is 138 Å². The van der Waals surface area contributed by atoms with Crippen molar-refractivity contribution in [1.29, 1.82) is 0 Å². The van der Waals surface area contributed by atoms with Gasteiger partial charge in [-0.15, -0.1) is 0 Å². The van der Waals surface area contributed by atoms with Gasteiger partial charge in [0.25, 0.3) is 0 Å². The first-order chi connectivity index (χ1) is 11.6. The summed E-state index contributed by atoms with van der Waals surface area (Å²) in [6, 6.07) is 13.7. The number of anilines is 1. The summed E-state index contributed by atoms with van der Waals surface area (Å²) in [7, 11) is 0. The van der Waals surface area contributed by atoms with E-state index in [9.17, 15) is 9.18 Å². The van der Waals surface area contributed by atoms with Crippen molar-refractivity contribution < 1.29 is 19.0 Å². The Morgan fingerprint density at radius 2 is 1.79 bits per heavy atom. The molecule has 0 saturated heterocycles. The van der Waals surface area contributed by atoms with Crippen molar-refractivity contribution in [1.82, 2.24) is 5.10 Å². The molecule has 0 unspecified atom stereocenters. The second kappa shape index (κ2) is 6.62. The molecule has 0 aliphatic heterocycles. The fraction of sp³-hybridized carbons (Fsp3) is 0.167. The minimum atomic E-state index is -0.854. The molecule has 0 atom stereocenters. The number of aliphatic carboxylic acids is 1. The molecule has 3 aromatic rings. The van der Waals surface area contributed by atoms with Crippen molar-refractivity contribution in [3.05, 3.63) is 54.3 Å². The Balaban J connectivity index is 2.16. The van der Waals surface area contributed by atoms with Crippen LogP contribution in [0.15, 0.2) is 48.5 Å². The van der Waals surface area contributed by atoms with Crippen molar-refractivity contribution in [3.8, 4) is 11.3 Å². The molecule has 0 aliphatic carbocycles. The smallest absolute Gasteiger partial charge is 0.303 e. The molecule has 2 aromatic carbocycles. The number of aromatic nitrogens is 2. The lowest BCUT2D eigenvalue weighted by atomic mass is 10.0. The number of halogens is 1. The van der Waals surface area contributed by atoms with Crippen LogP contribution in [0, 0.1) is 5.82 Å². The van der Waals surface area contributed by atoms with Gasteiger partial charge >= 0.3 is 5.97 Å². The van der Waals surface area contributed by atoms with E-state index in [-0.39, 0.29) is 12.2 Å². The molecule has 0 amide bonds. The summed E-state index contributed by atoms with van der Waals surface area (Å²) >= 11 is 0. The zero-order chi connectivity index (χ0) is 17.1. The number of carboxylic acid groups (broad SMARTS) is 1. The highest BCUT2D eigenvalue weighted by atomic mass is 19.1. The number of hydrogen-bond acceptors (Lipinski definition) is 3. The van der Waals surface area contributed by atoms with Crippen LogP contribution in [-0.4, -0.2) is 16.2 Å². The predicted molar refractivity (Wildman–Crippen MR) is 88.6 cm³/mol. The number of benzene rings is 2. The number of nitrogens with zero attached hydrogens (tertiary/aromatic N) is 2. The third kappa shape index (κ3) is 3.17. The third-order valence-corrected chi connectivity index (χ3v) is 3.82. The van der Waals surface area contributed by atoms with Crippen LogP contribution in [0.4, 0.5) is 10.2 Å². The number of carbonyl (C=O) groups is 1. The Morgan fingerprint density at radius 1 is 1.12 bits per heavy atom. The van der Waals surface area contributed by atoms with Gasteiger partial charge in [0.1, 0.15) is 5.82 Å². The van der Waals surface area contributed by atoms with Gasteiger partial charge in [0.2, 0.25) is 5.69 Å². The van der Waals surface area contributed by atoms with E-state index >= 15 is 0 Å². The van der Waals surface area contributed by atoms with Crippen LogP contribution in [0.3, 0.4) is 0 Å². The number of carboxylic acids is 1. The van der Waals surface area contributed by atoms with E-state index < -0.39 is 5.97 Å². The lowest BCUT2D eigenvalue weighted by Crippen LogP contribution is -2.41. The number of nitrogens with two attached hydrogens (primary N) is 1. The number of nitrogen functional groups attached to an aromatic ring is 1. The molecule has 5 nitrogen and oxygen atoms in total. The summed E-state index contributed by atoms with van der Waals surface area (Å²) in [4.78, 5) is 10.8. The highest BCUT2D eigenvalue weighted by Crippen LogP contribution is 2.27. The van der Waals surface area contributed by atoms with Gasteiger partial charge in [-0.3, -0.25) is 4.79 Å². The van der Waals surface area contributed by atoms with E-state index in [1.807, 2.05) is 24.3 Å². The third-order valence-electron chi connectivity index (χ3n) is 3.82. The summed E-state index contributed by atoms with van der Waals surface area (Å²) in [5.41, 5.74) is 7.65. The fourth-order valence-corrected chi connectivity index (χ4v) is 2.74. The van der Waals surface area contributed by atoms with E-state index in [0.29, 0.717) is 18.8 Å². The average molecular weight is 326 g/mol. The minimum Gasteiger partial charge on any atom is -0.481 e. The maximum absolute atomic E-state index is 13.3. The SMILES string of the molecule is Nc1n[n+](CCCC(=O)O)c(-c2ccc(F)cc2)c2ccccc12. The normalized spacial score (nSPS) is 10.9. The summed E-state index contributed by atoms with van der Waals surface area (Å²) < 4.78 is 15.0. The number of fused-ring (bicyclic) bond motifs is 1. The largest absolute Gasteiger partial charge is 0.481 e. The van der Waals surface area contributed by atoms with Crippen molar-refractivity contribution >= 4 is 22.6 Å². The molecule has 24 heavy (non-hydrogen) atoms. The second-order valence-corrected chi connectivity index (χ2v) is 5.51. The standard InChI is InChI=1S/C18H16FN3O2/c19-13-9-7-12(8-10-13)17-14-4-1-2-5-15(14)18(20)21-22(17)11-3-6-16(23)24/h1-2,4-5,7-10H,3,6,11H2,(H2-,20,21,23,24)/p+1. The van der Waals surface area contributed by atoms with Crippen molar-refractivity contribution in [3.63, 3.8) is 0 Å². The monoisotopic (exact) mass is 326 g/mol. The van der Waals surface area contributed by atoms with Gasteiger partial charge in [-0.05, 0) is 30.3 Å². The summed E-state index contributed by atoms with van der Waals surface area (Å²) in [6.45, 7) is 0.411. The van der Waals surface area contributed by atoms with E-state index in [4.69, 9.17) is 10.8 Å². The molecule has 122 valence electrons. The van der Waals surface area contributed by atoms with Crippen LogP contribution in [-0.2, 0) is 11.3 Å². The Hall–Kier alpha value is -3.02. The highest BCUT2D eigenvalue weighted by Gasteiger charge is 2.22. The van der Waals surface area contributed by atoms with Crippen LogP contribution in [0.25, 0.3) is 22.0 Å². The van der Waals surface area contributed by atoms with Crippen LogP contribution in [0.2, 0.25) is 0 Å². The molecule has 1 heterocycles. The van der Waals surface area contributed by atoms with Crippen molar-refractivity contribution in [2.75, 3.05) is 5.73 Å². The number of rotatable bonds is 5. The molecular weight excluding hydrogens is 309 g/mol. The zero-order valence-electron chi connectivity index (χ0n) is 12.9. The Bertz CT molecular complexity index is 895. The molecule has 0 bridgehead atoms. The Morgan fingerprint density at radius 3 is 2.46 bits per heavy atom. The van der Waals surface area contributed by atoms with E-state index in [0.717, 1.165) is 22.0 Å². The number of hydrogen-bond donors (Lipinski definition) is 2. The van der Waals surface area contributed by atoms with Gasteiger partial charge in [-0.25, -0.2) is 4.39 Å². The molecule has 6 heteroatoms. The van der Waals surface area contributed by atoms with Gasteiger partial charge < -0.3 is 10.8 Å². The molecule has 0 spiro atoms. The second-order valence-electron chi connectivity index (χ2n) is 5.51. The number of aryl methyl sites for hydroxylation is 1. The van der Waals surface area contributed by atoms with E-state index in [2.05, 4.69) is 5.10 Å². The maximum Gasteiger partial charge on any atom is 0.303 e. The molecule has 0 radical (unpaired) electrons. The predicted octanol–water partition coefficient (Wildman–Crippen LogP) is 2.78. The first kappa shape index (κ1) is 15.9. The Kier molecular flexibility index (Phi) is 4.37. The average Bonchev–Trinajstić information content (AvgIpc) is 2.56. The van der Waals surface area contributed by atoms with Crippen molar-refractivity contribution in [2.24, 2.45) is 0 Å². The zero-order valence-corrected chi connectivity index (χ0v) is 12.9. The summed E-state index contributed by atoms with van der Waals surface area (Å²) in [6.07, 6.45) is 0.475. The lowest BCUT2D eigenvalue weighted by molar-refractivity contribution is -0.741. The molecule has 3 rings (SSSR count). The minimum absolute atomic E-state index is 0.0459. The molecule has 0 aliphatic rings. The van der Waals surface area contributed by atoms with Gasteiger partial charge in [0.15, 0.2) is 12.4 Å². The van der Waals surface area contributed by atoms with Crippen LogP contribution < -0.4 is 10.4 Å². The van der Waals surface area contributed by atoms with Gasteiger partial charge in [-0.2, -0.15) is 0 Å². The van der Waals surface area contributed by atoms with Crippen LogP contribution in [0.1, 0.15) is 12.8 Å². The van der Waals surface area contributed by atoms with Crippen LogP contribution in [0.5, 0.6) is 0 Å². The summed E-state index contributed by atoms with van der Waals surface area (Å²) in [5.74, 6) is -0.789. The van der Waals surface area contributed by atoms with Gasteiger partial charge in [0.05, 0.1) is 11.8 Å². The lowest BCUT2D eigenvalue weighted by Gasteiger charge is -2.08. The van der Waals surface area contributed by atoms with Gasteiger partial charge in [-0.1, -0.05) is 22.9 Å². The van der Waals surface area contributed by atoms with E-state index in [1.165, 1.54) is 12.1 Å². The topological polar surface area (TPSA) is 80.1 Å². The van der Waals surface area contributed by atoms with Crippen LogP contribution >= 0.6 is 0 Å². The first-order valence-electron chi connectivity index (χ1n) is 7.62. The van der Waals surface area contributed by atoms with Crippen molar-refractivity contribution in [2.45, 2.75) is 19.4 Å². The first-order valence-corrected chi connectivity index (χ1v) is 7.62.